The van der Waals surface area contributed by atoms with Crippen LogP contribution in [0.5, 0.6) is 0 Å². The van der Waals surface area contributed by atoms with Crippen LogP contribution >= 0.6 is 0 Å². The number of nitrogens with zero attached hydrogens (tertiary/aromatic N) is 2. The molecular formula is C9H10FN3. The number of nitrogens with one attached hydrogen (secondary N) is 1. The molecule has 0 spiro atoms. The van der Waals surface area contributed by atoms with Gasteiger partial charge in [-0.15, -0.1) is 11.8 Å². The van der Waals surface area contributed by atoms with Crippen molar-refractivity contribution >= 4 is 5.95 Å². The van der Waals surface area contributed by atoms with E-state index >= 15 is 0 Å². The number of hydrogen-bond donors (Lipinski definition) is 1. The second-order valence-electron chi connectivity index (χ2n) is 2.33. The summed E-state index contributed by atoms with van der Waals surface area (Å²) in [6.07, 6.45) is 2.99. The fraction of sp³-hybridized carbons (Fsp3) is 0.333. The molecule has 0 saturated heterocycles. The minimum absolute atomic E-state index is 0.430. The zero-order valence-corrected chi connectivity index (χ0v) is 7.34. The lowest BCUT2D eigenvalue weighted by molar-refractivity contribution is 0.614. The molecular weight excluding hydrogens is 169 g/mol. The van der Waals surface area contributed by atoms with Gasteiger partial charge in [-0.3, -0.25) is 0 Å². The maximum atomic E-state index is 12.4. The third-order valence-corrected chi connectivity index (χ3v) is 1.33. The predicted molar refractivity (Wildman–Crippen MR) is 48.5 cm³/mol. The second kappa shape index (κ2) is 5.09. The Morgan fingerprint density at radius 3 is 2.77 bits per heavy atom. The highest BCUT2D eigenvalue weighted by molar-refractivity contribution is 5.22. The van der Waals surface area contributed by atoms with Crippen LogP contribution in [0.2, 0.25) is 0 Å². The summed E-state index contributed by atoms with van der Waals surface area (Å²) in [5.74, 6) is 5.66. The second-order valence-corrected chi connectivity index (χ2v) is 2.33. The van der Waals surface area contributed by atoms with E-state index in [-0.39, 0.29) is 0 Å². The van der Waals surface area contributed by atoms with Crippen molar-refractivity contribution in [2.75, 3.05) is 11.9 Å². The first-order chi connectivity index (χ1) is 6.33. The van der Waals surface area contributed by atoms with Crippen molar-refractivity contribution in [2.24, 2.45) is 0 Å². The molecule has 4 heteroatoms. The Bertz CT molecular complexity index is 310. The minimum Gasteiger partial charge on any atom is -0.353 e. The highest BCUT2D eigenvalue weighted by atomic mass is 19.1. The lowest BCUT2D eigenvalue weighted by Gasteiger charge is -1.99. The summed E-state index contributed by atoms with van der Waals surface area (Å²) in [7, 11) is 0. The first-order valence-electron chi connectivity index (χ1n) is 3.94. The van der Waals surface area contributed by atoms with E-state index in [9.17, 15) is 4.39 Å². The van der Waals surface area contributed by atoms with E-state index in [0.717, 1.165) is 18.8 Å². The summed E-state index contributed by atoms with van der Waals surface area (Å²) < 4.78 is 12.4. The van der Waals surface area contributed by atoms with Gasteiger partial charge in [-0.05, 0) is 6.92 Å². The first kappa shape index (κ1) is 9.46. The van der Waals surface area contributed by atoms with Crippen LogP contribution in [0.15, 0.2) is 12.4 Å². The fourth-order valence-electron chi connectivity index (χ4n) is 0.765. The lowest BCUT2D eigenvalue weighted by Crippen LogP contribution is -2.04. The molecule has 1 N–H and O–H groups in total. The molecule has 0 amide bonds. The third kappa shape index (κ3) is 3.52. The van der Waals surface area contributed by atoms with Crippen LogP contribution in [0.1, 0.15) is 13.3 Å². The Balaban J connectivity index is 2.36. The SMILES string of the molecule is CC#CCCNc1ncc(F)cn1. The maximum absolute atomic E-state index is 12.4. The molecule has 3 nitrogen and oxygen atoms in total. The number of anilines is 1. The van der Waals surface area contributed by atoms with Crippen molar-refractivity contribution in [3.8, 4) is 11.8 Å². The molecule has 0 aliphatic heterocycles. The van der Waals surface area contributed by atoms with E-state index in [4.69, 9.17) is 0 Å². The summed E-state index contributed by atoms with van der Waals surface area (Å²) in [5, 5.41) is 2.92. The van der Waals surface area contributed by atoms with E-state index in [1.54, 1.807) is 6.92 Å². The van der Waals surface area contributed by atoms with Crippen LogP contribution in [0, 0.1) is 17.7 Å². The van der Waals surface area contributed by atoms with E-state index < -0.39 is 5.82 Å². The Morgan fingerprint density at radius 2 is 2.15 bits per heavy atom. The van der Waals surface area contributed by atoms with Gasteiger partial charge in [-0.2, -0.15) is 0 Å². The third-order valence-electron chi connectivity index (χ3n) is 1.33. The molecule has 0 atom stereocenters. The van der Waals surface area contributed by atoms with E-state index in [0.29, 0.717) is 12.5 Å². The summed E-state index contributed by atoms with van der Waals surface area (Å²) in [6, 6.07) is 0. The van der Waals surface area contributed by atoms with Crippen molar-refractivity contribution < 1.29 is 4.39 Å². The van der Waals surface area contributed by atoms with Crippen LogP contribution < -0.4 is 5.32 Å². The molecule has 0 aliphatic rings. The highest BCUT2D eigenvalue weighted by Crippen LogP contribution is 1.97. The van der Waals surface area contributed by atoms with Crippen LogP contribution in [0.3, 0.4) is 0 Å². The minimum atomic E-state index is -0.432. The number of hydrogen-bond acceptors (Lipinski definition) is 3. The van der Waals surface area contributed by atoms with E-state index in [2.05, 4.69) is 27.1 Å². The van der Waals surface area contributed by atoms with Gasteiger partial charge in [0.15, 0.2) is 5.82 Å². The predicted octanol–water partition coefficient (Wildman–Crippen LogP) is 1.44. The zero-order chi connectivity index (χ0) is 9.52. The molecule has 68 valence electrons. The molecule has 13 heavy (non-hydrogen) atoms. The van der Waals surface area contributed by atoms with Crippen molar-refractivity contribution in [1.82, 2.24) is 9.97 Å². The number of halogens is 1. The summed E-state index contributed by atoms with van der Waals surface area (Å²) >= 11 is 0. The smallest absolute Gasteiger partial charge is 0.222 e. The summed E-state index contributed by atoms with van der Waals surface area (Å²) in [4.78, 5) is 7.46. The number of aromatic nitrogens is 2. The Hall–Kier alpha value is -1.63. The molecule has 1 rings (SSSR count). The standard InChI is InChI=1S/C9H10FN3/c1-2-3-4-5-11-9-12-6-8(10)7-13-9/h6-7H,4-5H2,1H3,(H,11,12,13). The summed E-state index contributed by atoms with van der Waals surface area (Å²) in [6.45, 7) is 2.46. The maximum Gasteiger partial charge on any atom is 0.222 e. The molecule has 1 heterocycles. The van der Waals surface area contributed by atoms with Gasteiger partial charge in [0.05, 0.1) is 12.4 Å². The average molecular weight is 179 g/mol. The lowest BCUT2D eigenvalue weighted by atomic mass is 10.4. The van der Waals surface area contributed by atoms with Crippen LogP contribution in [0.4, 0.5) is 10.3 Å². The van der Waals surface area contributed by atoms with Crippen molar-refractivity contribution in [2.45, 2.75) is 13.3 Å². The molecule has 0 unspecified atom stereocenters. The molecule has 0 bridgehead atoms. The fourth-order valence-corrected chi connectivity index (χ4v) is 0.765. The Labute approximate surface area is 76.4 Å². The molecule has 0 aliphatic carbocycles. The van der Waals surface area contributed by atoms with Crippen molar-refractivity contribution in [3.05, 3.63) is 18.2 Å². The van der Waals surface area contributed by atoms with Crippen LogP contribution in [-0.2, 0) is 0 Å². The Kier molecular flexibility index (Phi) is 3.71. The van der Waals surface area contributed by atoms with Gasteiger partial charge in [0, 0.05) is 13.0 Å². The Morgan fingerprint density at radius 1 is 1.46 bits per heavy atom. The van der Waals surface area contributed by atoms with Crippen LogP contribution in [0.25, 0.3) is 0 Å². The normalized spacial score (nSPS) is 8.77. The van der Waals surface area contributed by atoms with Crippen LogP contribution in [-0.4, -0.2) is 16.5 Å². The number of rotatable bonds is 3. The van der Waals surface area contributed by atoms with E-state index in [1.165, 1.54) is 0 Å². The van der Waals surface area contributed by atoms with Gasteiger partial charge in [0.2, 0.25) is 5.95 Å². The topological polar surface area (TPSA) is 37.8 Å². The molecule has 0 saturated carbocycles. The van der Waals surface area contributed by atoms with Crippen molar-refractivity contribution in [3.63, 3.8) is 0 Å². The quantitative estimate of drug-likeness (QED) is 0.563. The van der Waals surface area contributed by atoms with Crippen molar-refractivity contribution in [1.29, 1.82) is 0 Å². The highest BCUT2D eigenvalue weighted by Gasteiger charge is 1.93. The van der Waals surface area contributed by atoms with Gasteiger partial charge in [0.1, 0.15) is 0 Å². The van der Waals surface area contributed by atoms with Gasteiger partial charge in [-0.1, -0.05) is 0 Å². The van der Waals surface area contributed by atoms with E-state index in [1.807, 2.05) is 0 Å². The molecule has 0 aromatic carbocycles. The monoisotopic (exact) mass is 179 g/mol. The van der Waals surface area contributed by atoms with Gasteiger partial charge in [0.25, 0.3) is 0 Å². The van der Waals surface area contributed by atoms with Gasteiger partial charge < -0.3 is 5.32 Å². The average Bonchev–Trinajstić information content (AvgIpc) is 2.15. The molecule has 1 aromatic heterocycles. The molecule has 1 aromatic rings. The van der Waals surface area contributed by atoms with Gasteiger partial charge in [-0.25, -0.2) is 14.4 Å². The zero-order valence-electron chi connectivity index (χ0n) is 7.34. The largest absolute Gasteiger partial charge is 0.353 e. The first-order valence-corrected chi connectivity index (χ1v) is 3.94. The molecule has 0 radical (unpaired) electrons. The molecule has 0 fully saturated rings. The summed E-state index contributed by atoms with van der Waals surface area (Å²) in [5.41, 5.74) is 0. The van der Waals surface area contributed by atoms with Gasteiger partial charge >= 0.3 is 0 Å².